The lowest BCUT2D eigenvalue weighted by Gasteiger charge is -2.21. The van der Waals surface area contributed by atoms with Crippen LogP contribution in [0.4, 0.5) is 0 Å². The Labute approximate surface area is 106 Å². The summed E-state index contributed by atoms with van der Waals surface area (Å²) in [6.07, 6.45) is 4.48. The maximum Gasteiger partial charge on any atom is 0.194 e. The second-order valence-electron chi connectivity index (χ2n) is 5.21. The van der Waals surface area contributed by atoms with E-state index in [2.05, 4.69) is 42.6 Å². The molecule has 1 unspecified atom stereocenters. The molecule has 0 aromatic heterocycles. The molecule has 1 heterocycles. The number of hydrogen-bond acceptors (Lipinski definition) is 1. The van der Waals surface area contributed by atoms with Gasteiger partial charge in [-0.2, -0.15) is 0 Å². The lowest BCUT2D eigenvalue weighted by Crippen LogP contribution is -2.40. The zero-order valence-corrected chi connectivity index (χ0v) is 11.6. The van der Waals surface area contributed by atoms with Crippen LogP contribution in [0.3, 0.4) is 0 Å². The molecule has 0 aliphatic carbocycles. The normalized spacial score (nSPS) is 21.1. The highest BCUT2D eigenvalue weighted by atomic mass is 15.3. The van der Waals surface area contributed by atoms with Crippen LogP contribution in [0.5, 0.6) is 0 Å². The molecule has 1 fully saturated rings. The Bertz CT molecular complexity index is 258. The molecule has 1 saturated heterocycles. The number of likely N-dealkylation sites (tertiary alicyclic amines) is 1. The molecule has 3 nitrogen and oxygen atoms in total. The summed E-state index contributed by atoms with van der Waals surface area (Å²) in [6, 6.07) is 0. The maximum absolute atomic E-state index is 4.54. The molecule has 0 spiro atoms. The summed E-state index contributed by atoms with van der Waals surface area (Å²) < 4.78 is 0. The van der Waals surface area contributed by atoms with Crippen molar-refractivity contribution in [3.05, 3.63) is 12.7 Å². The van der Waals surface area contributed by atoms with Crippen LogP contribution in [0.1, 0.15) is 33.6 Å². The van der Waals surface area contributed by atoms with Crippen LogP contribution in [-0.4, -0.2) is 37.0 Å². The summed E-state index contributed by atoms with van der Waals surface area (Å²) in [5.41, 5.74) is 0. The first-order valence-electron chi connectivity index (χ1n) is 6.81. The summed E-state index contributed by atoms with van der Waals surface area (Å²) in [6.45, 7) is 14.4. The zero-order chi connectivity index (χ0) is 12.7. The summed E-state index contributed by atoms with van der Waals surface area (Å²) in [4.78, 5) is 6.93. The molecule has 3 heteroatoms. The predicted molar refractivity (Wildman–Crippen MR) is 75.3 cm³/mol. The molecule has 0 saturated carbocycles. The van der Waals surface area contributed by atoms with E-state index in [-0.39, 0.29) is 0 Å². The Morgan fingerprint density at radius 2 is 2.35 bits per heavy atom. The molecule has 0 amide bonds. The van der Waals surface area contributed by atoms with Crippen LogP contribution < -0.4 is 5.32 Å². The Balaban J connectivity index is 2.50. The van der Waals surface area contributed by atoms with Gasteiger partial charge in [-0.3, -0.25) is 0 Å². The van der Waals surface area contributed by atoms with Crippen molar-refractivity contribution in [2.75, 3.05) is 26.2 Å². The smallest absolute Gasteiger partial charge is 0.194 e. The van der Waals surface area contributed by atoms with Crippen molar-refractivity contribution >= 4 is 5.96 Å². The van der Waals surface area contributed by atoms with Crippen molar-refractivity contribution in [3.63, 3.8) is 0 Å². The van der Waals surface area contributed by atoms with E-state index >= 15 is 0 Å². The molecule has 0 aromatic rings. The molecule has 17 heavy (non-hydrogen) atoms. The van der Waals surface area contributed by atoms with Gasteiger partial charge in [0, 0.05) is 19.6 Å². The van der Waals surface area contributed by atoms with Crippen LogP contribution in [0.25, 0.3) is 0 Å². The van der Waals surface area contributed by atoms with Gasteiger partial charge < -0.3 is 10.2 Å². The van der Waals surface area contributed by atoms with Crippen LogP contribution >= 0.6 is 0 Å². The van der Waals surface area contributed by atoms with E-state index in [1.165, 1.54) is 12.8 Å². The SMILES string of the molecule is C=CCN=C(NCC)N1CCC(CC(C)C)C1. The minimum atomic E-state index is 0.702. The van der Waals surface area contributed by atoms with Crippen molar-refractivity contribution in [2.24, 2.45) is 16.8 Å². The van der Waals surface area contributed by atoms with E-state index in [0.717, 1.165) is 37.4 Å². The van der Waals surface area contributed by atoms with E-state index in [9.17, 15) is 0 Å². The van der Waals surface area contributed by atoms with Crippen molar-refractivity contribution in [2.45, 2.75) is 33.6 Å². The average Bonchev–Trinajstić information content (AvgIpc) is 2.71. The third-order valence-corrected chi connectivity index (χ3v) is 3.10. The lowest BCUT2D eigenvalue weighted by atomic mass is 9.97. The van der Waals surface area contributed by atoms with Gasteiger partial charge in [-0.1, -0.05) is 19.9 Å². The number of guanidine groups is 1. The highest BCUT2D eigenvalue weighted by Crippen LogP contribution is 2.23. The number of nitrogens with zero attached hydrogens (tertiary/aromatic N) is 2. The largest absolute Gasteiger partial charge is 0.357 e. The van der Waals surface area contributed by atoms with Gasteiger partial charge in [0.2, 0.25) is 0 Å². The number of rotatable bonds is 5. The fraction of sp³-hybridized carbons (Fsp3) is 0.786. The third kappa shape index (κ3) is 4.80. The van der Waals surface area contributed by atoms with Gasteiger partial charge in [0.1, 0.15) is 0 Å². The minimum Gasteiger partial charge on any atom is -0.357 e. The highest BCUT2D eigenvalue weighted by molar-refractivity contribution is 5.80. The van der Waals surface area contributed by atoms with Crippen LogP contribution in [0.15, 0.2) is 17.6 Å². The topological polar surface area (TPSA) is 27.6 Å². The monoisotopic (exact) mass is 237 g/mol. The van der Waals surface area contributed by atoms with Crippen LogP contribution in [0, 0.1) is 11.8 Å². The Morgan fingerprint density at radius 1 is 1.59 bits per heavy atom. The first kappa shape index (κ1) is 14.1. The third-order valence-electron chi connectivity index (χ3n) is 3.10. The van der Waals surface area contributed by atoms with Crippen molar-refractivity contribution < 1.29 is 0 Å². The Kier molecular flexibility index (Phi) is 6.09. The quantitative estimate of drug-likeness (QED) is 0.452. The average molecular weight is 237 g/mol. The molecule has 0 aromatic carbocycles. The van der Waals surface area contributed by atoms with Gasteiger partial charge in [-0.05, 0) is 31.6 Å². The van der Waals surface area contributed by atoms with Gasteiger partial charge in [0.05, 0.1) is 6.54 Å². The first-order chi connectivity index (χ1) is 8.17. The van der Waals surface area contributed by atoms with E-state index in [4.69, 9.17) is 0 Å². The molecule has 0 radical (unpaired) electrons. The molecule has 1 N–H and O–H groups in total. The van der Waals surface area contributed by atoms with E-state index in [1.54, 1.807) is 0 Å². The number of hydrogen-bond donors (Lipinski definition) is 1. The predicted octanol–water partition coefficient (Wildman–Crippen LogP) is 2.51. The second-order valence-corrected chi connectivity index (χ2v) is 5.21. The molecule has 1 atom stereocenters. The summed E-state index contributed by atoms with van der Waals surface area (Å²) in [5.74, 6) is 2.69. The summed E-state index contributed by atoms with van der Waals surface area (Å²) in [5, 5.41) is 3.36. The molecule has 98 valence electrons. The summed E-state index contributed by atoms with van der Waals surface area (Å²) >= 11 is 0. The highest BCUT2D eigenvalue weighted by Gasteiger charge is 2.24. The van der Waals surface area contributed by atoms with E-state index < -0.39 is 0 Å². The van der Waals surface area contributed by atoms with Gasteiger partial charge in [0.15, 0.2) is 5.96 Å². The fourth-order valence-corrected chi connectivity index (χ4v) is 2.46. The minimum absolute atomic E-state index is 0.702. The lowest BCUT2D eigenvalue weighted by molar-refractivity contribution is 0.404. The Hall–Kier alpha value is -0.990. The maximum atomic E-state index is 4.54. The molecule has 1 rings (SSSR count). The van der Waals surface area contributed by atoms with Crippen molar-refractivity contribution in [1.82, 2.24) is 10.2 Å². The van der Waals surface area contributed by atoms with Gasteiger partial charge in [0.25, 0.3) is 0 Å². The zero-order valence-electron chi connectivity index (χ0n) is 11.6. The summed E-state index contributed by atoms with van der Waals surface area (Å²) in [7, 11) is 0. The van der Waals surface area contributed by atoms with Gasteiger partial charge in [-0.15, -0.1) is 6.58 Å². The second kappa shape index (κ2) is 7.36. The first-order valence-corrected chi connectivity index (χ1v) is 6.81. The van der Waals surface area contributed by atoms with Crippen molar-refractivity contribution in [3.8, 4) is 0 Å². The van der Waals surface area contributed by atoms with Gasteiger partial charge in [-0.25, -0.2) is 4.99 Å². The van der Waals surface area contributed by atoms with E-state index in [1.807, 2.05) is 6.08 Å². The van der Waals surface area contributed by atoms with Gasteiger partial charge >= 0.3 is 0 Å². The molecular weight excluding hydrogens is 210 g/mol. The van der Waals surface area contributed by atoms with Crippen LogP contribution in [-0.2, 0) is 0 Å². The van der Waals surface area contributed by atoms with E-state index in [0.29, 0.717) is 6.54 Å². The fourth-order valence-electron chi connectivity index (χ4n) is 2.46. The molecule has 1 aliphatic heterocycles. The number of nitrogens with one attached hydrogen (secondary N) is 1. The molecule has 0 bridgehead atoms. The Morgan fingerprint density at radius 3 is 2.94 bits per heavy atom. The molecule has 1 aliphatic rings. The molecular formula is C14H27N3. The number of aliphatic imine (C=N–C) groups is 1. The van der Waals surface area contributed by atoms with Crippen molar-refractivity contribution in [1.29, 1.82) is 0 Å². The standard InChI is InChI=1S/C14H27N3/c1-5-8-16-14(15-6-2)17-9-7-13(11-17)10-12(3)4/h5,12-13H,1,6-11H2,2-4H3,(H,15,16). The van der Waals surface area contributed by atoms with Crippen LogP contribution in [0.2, 0.25) is 0 Å².